The van der Waals surface area contributed by atoms with E-state index in [4.69, 9.17) is 4.74 Å². The second kappa shape index (κ2) is 4.73. The van der Waals surface area contributed by atoms with Gasteiger partial charge >= 0.3 is 5.97 Å². The van der Waals surface area contributed by atoms with Crippen molar-refractivity contribution in [3.8, 4) is 0 Å². The summed E-state index contributed by atoms with van der Waals surface area (Å²) < 4.78 is 4.87. The molecule has 0 N–H and O–H groups in total. The number of hydrogen-bond donors (Lipinski definition) is 0. The summed E-state index contributed by atoms with van der Waals surface area (Å²) in [7, 11) is 0. The van der Waals surface area contributed by atoms with E-state index in [1.54, 1.807) is 12.4 Å². The maximum atomic E-state index is 11.0. The maximum absolute atomic E-state index is 11.0. The Bertz CT molecular complexity index is 359. The van der Waals surface area contributed by atoms with E-state index in [2.05, 4.69) is 11.1 Å². The van der Waals surface area contributed by atoms with Crippen molar-refractivity contribution < 1.29 is 9.53 Å². The van der Waals surface area contributed by atoms with Crippen LogP contribution in [0.5, 0.6) is 0 Å². The number of esters is 1. The molecule has 2 rings (SSSR count). The zero-order valence-electron chi connectivity index (χ0n) is 8.43. The maximum Gasteiger partial charge on any atom is 0.306 e. The fourth-order valence-corrected chi connectivity index (χ4v) is 1.59. The molecule has 1 fully saturated rings. The van der Waals surface area contributed by atoms with Gasteiger partial charge in [0.25, 0.3) is 0 Å². The van der Waals surface area contributed by atoms with Crippen molar-refractivity contribution in [1.82, 2.24) is 4.98 Å². The highest BCUT2D eigenvalue weighted by atomic mass is 16.5. The Balaban J connectivity index is 1.96. The molecule has 1 aromatic rings. The second-order valence-electron chi connectivity index (χ2n) is 3.62. The van der Waals surface area contributed by atoms with Crippen molar-refractivity contribution in [2.45, 2.75) is 12.8 Å². The van der Waals surface area contributed by atoms with Gasteiger partial charge in [0.2, 0.25) is 0 Å². The summed E-state index contributed by atoms with van der Waals surface area (Å²) in [5.74, 6) is 0.216. The van der Waals surface area contributed by atoms with Gasteiger partial charge in [0.1, 0.15) is 0 Å². The highest BCUT2D eigenvalue weighted by molar-refractivity contribution is 5.71. The molecule has 1 saturated heterocycles. The van der Waals surface area contributed by atoms with Crippen molar-refractivity contribution in [2.75, 3.05) is 6.61 Å². The predicted molar refractivity (Wildman–Crippen MR) is 57.0 cm³/mol. The van der Waals surface area contributed by atoms with Crippen LogP contribution >= 0.6 is 0 Å². The molecule has 1 aromatic heterocycles. The van der Waals surface area contributed by atoms with Gasteiger partial charge in [-0.15, -0.1) is 0 Å². The molecule has 2 heterocycles. The molecule has 1 atom stereocenters. The van der Waals surface area contributed by atoms with Gasteiger partial charge in [0.15, 0.2) is 0 Å². The van der Waals surface area contributed by atoms with E-state index in [1.807, 2.05) is 18.2 Å². The van der Waals surface area contributed by atoms with Crippen LogP contribution in [0.4, 0.5) is 0 Å². The lowest BCUT2D eigenvalue weighted by molar-refractivity contribution is -0.148. The van der Waals surface area contributed by atoms with Crippen LogP contribution in [-0.2, 0) is 9.53 Å². The SMILES string of the molecule is O=C1CC(/C=C/c2cccnc2)CCO1. The van der Waals surface area contributed by atoms with Gasteiger partial charge in [-0.25, -0.2) is 0 Å². The lowest BCUT2D eigenvalue weighted by Gasteiger charge is -2.17. The Kier molecular flexibility index (Phi) is 3.12. The monoisotopic (exact) mass is 203 g/mol. The quantitative estimate of drug-likeness (QED) is 0.690. The van der Waals surface area contributed by atoms with Crippen LogP contribution in [0.2, 0.25) is 0 Å². The van der Waals surface area contributed by atoms with Crippen LogP contribution in [0, 0.1) is 5.92 Å². The number of allylic oxidation sites excluding steroid dienone is 1. The topological polar surface area (TPSA) is 39.2 Å². The Hall–Kier alpha value is -1.64. The third-order valence-corrected chi connectivity index (χ3v) is 2.43. The van der Waals surface area contributed by atoms with E-state index in [0.717, 1.165) is 12.0 Å². The van der Waals surface area contributed by atoms with Crippen molar-refractivity contribution in [2.24, 2.45) is 5.92 Å². The molecule has 0 radical (unpaired) electrons. The third-order valence-electron chi connectivity index (χ3n) is 2.43. The van der Waals surface area contributed by atoms with E-state index >= 15 is 0 Å². The number of aromatic nitrogens is 1. The number of nitrogens with zero attached hydrogens (tertiary/aromatic N) is 1. The summed E-state index contributed by atoms with van der Waals surface area (Å²) in [6.45, 7) is 0.543. The molecule has 78 valence electrons. The van der Waals surface area contributed by atoms with Gasteiger partial charge in [0.05, 0.1) is 13.0 Å². The van der Waals surface area contributed by atoms with Crippen molar-refractivity contribution in [3.05, 3.63) is 36.2 Å². The molecular weight excluding hydrogens is 190 g/mol. The minimum absolute atomic E-state index is 0.0953. The van der Waals surface area contributed by atoms with Crippen molar-refractivity contribution >= 4 is 12.0 Å². The van der Waals surface area contributed by atoms with Crippen LogP contribution in [0.1, 0.15) is 18.4 Å². The molecule has 3 nitrogen and oxygen atoms in total. The van der Waals surface area contributed by atoms with Gasteiger partial charge in [-0.1, -0.05) is 18.2 Å². The van der Waals surface area contributed by atoms with Crippen LogP contribution in [0.15, 0.2) is 30.6 Å². The van der Waals surface area contributed by atoms with Gasteiger partial charge in [0, 0.05) is 12.4 Å². The molecule has 0 spiro atoms. The molecule has 1 aliphatic heterocycles. The summed E-state index contributed by atoms with van der Waals surface area (Å²) in [6.07, 6.45) is 9.04. The number of pyridine rings is 1. The molecule has 1 aliphatic rings. The number of carbonyl (C=O) groups is 1. The van der Waals surface area contributed by atoms with Crippen molar-refractivity contribution in [3.63, 3.8) is 0 Å². The fourth-order valence-electron chi connectivity index (χ4n) is 1.59. The highest BCUT2D eigenvalue weighted by Gasteiger charge is 2.17. The molecule has 0 bridgehead atoms. The van der Waals surface area contributed by atoms with Gasteiger partial charge in [-0.05, 0) is 24.0 Å². The van der Waals surface area contributed by atoms with Crippen molar-refractivity contribution in [1.29, 1.82) is 0 Å². The zero-order valence-corrected chi connectivity index (χ0v) is 8.43. The lowest BCUT2D eigenvalue weighted by atomic mass is 9.99. The average Bonchev–Trinajstić information content (AvgIpc) is 2.28. The lowest BCUT2D eigenvalue weighted by Crippen LogP contribution is -2.19. The van der Waals surface area contributed by atoms with Crippen LogP contribution in [0.3, 0.4) is 0 Å². The summed E-state index contributed by atoms with van der Waals surface area (Å²) >= 11 is 0. The summed E-state index contributed by atoms with van der Waals surface area (Å²) in [6, 6.07) is 3.89. The predicted octanol–water partition coefficient (Wildman–Crippen LogP) is 2.05. The third kappa shape index (κ3) is 2.91. The normalized spacial score (nSPS) is 21.6. The minimum Gasteiger partial charge on any atom is -0.466 e. The molecule has 0 aliphatic carbocycles. The Morgan fingerprint density at radius 3 is 3.20 bits per heavy atom. The van der Waals surface area contributed by atoms with Gasteiger partial charge < -0.3 is 4.74 Å². The number of hydrogen-bond acceptors (Lipinski definition) is 3. The molecular formula is C12H13NO2. The van der Waals surface area contributed by atoms with E-state index in [9.17, 15) is 4.79 Å². The summed E-state index contributed by atoms with van der Waals surface area (Å²) in [5, 5.41) is 0. The van der Waals surface area contributed by atoms with E-state index in [0.29, 0.717) is 18.9 Å². The number of carbonyl (C=O) groups excluding carboxylic acids is 1. The first-order valence-electron chi connectivity index (χ1n) is 5.08. The molecule has 0 saturated carbocycles. The molecule has 15 heavy (non-hydrogen) atoms. The standard InChI is InChI=1S/C12H13NO2/c14-12-8-10(5-7-15-12)3-4-11-2-1-6-13-9-11/h1-4,6,9-10H,5,7-8H2/b4-3+. The Morgan fingerprint density at radius 1 is 1.53 bits per heavy atom. The number of rotatable bonds is 2. The molecule has 0 aromatic carbocycles. The van der Waals surface area contributed by atoms with Crippen LogP contribution < -0.4 is 0 Å². The first-order valence-corrected chi connectivity index (χ1v) is 5.08. The second-order valence-corrected chi connectivity index (χ2v) is 3.62. The summed E-state index contributed by atoms with van der Waals surface area (Å²) in [4.78, 5) is 15.0. The molecule has 3 heteroatoms. The van der Waals surface area contributed by atoms with Gasteiger partial charge in [-0.2, -0.15) is 0 Å². The number of cyclic esters (lactones) is 1. The highest BCUT2D eigenvalue weighted by Crippen LogP contribution is 2.18. The van der Waals surface area contributed by atoms with Crippen LogP contribution in [0.25, 0.3) is 6.08 Å². The minimum atomic E-state index is -0.0953. The van der Waals surface area contributed by atoms with E-state index in [-0.39, 0.29) is 5.97 Å². The van der Waals surface area contributed by atoms with E-state index < -0.39 is 0 Å². The largest absolute Gasteiger partial charge is 0.466 e. The van der Waals surface area contributed by atoms with Gasteiger partial charge in [-0.3, -0.25) is 9.78 Å². The molecule has 0 amide bonds. The summed E-state index contributed by atoms with van der Waals surface area (Å²) in [5.41, 5.74) is 1.07. The average molecular weight is 203 g/mol. The molecule has 1 unspecified atom stereocenters. The van der Waals surface area contributed by atoms with E-state index in [1.165, 1.54) is 0 Å². The zero-order chi connectivity index (χ0) is 10.5. The fraction of sp³-hybridized carbons (Fsp3) is 0.333. The Morgan fingerprint density at radius 2 is 2.47 bits per heavy atom. The Labute approximate surface area is 88.8 Å². The van der Waals surface area contributed by atoms with Crippen LogP contribution in [-0.4, -0.2) is 17.6 Å². The first-order chi connectivity index (χ1) is 7.34. The number of ether oxygens (including phenoxy) is 1. The first kappa shape index (κ1) is 9.90. The smallest absolute Gasteiger partial charge is 0.306 e.